The van der Waals surface area contributed by atoms with Crippen LogP contribution >= 0.6 is 0 Å². The highest BCUT2D eigenvalue weighted by Gasteiger charge is 2.22. The number of rotatable bonds is 6. The number of piperidine rings is 1. The van der Waals surface area contributed by atoms with Gasteiger partial charge in [-0.25, -0.2) is 4.39 Å². The Kier molecular flexibility index (Phi) is 6.36. The molecule has 1 heterocycles. The van der Waals surface area contributed by atoms with Crippen molar-refractivity contribution in [2.45, 2.75) is 38.8 Å². The lowest BCUT2D eigenvalue weighted by Crippen LogP contribution is -2.37. The average molecular weight is 324 g/mol. The van der Waals surface area contributed by atoms with Crippen LogP contribution in [0.2, 0.25) is 0 Å². The van der Waals surface area contributed by atoms with Gasteiger partial charge in [0.25, 0.3) is 0 Å². The highest BCUT2D eigenvalue weighted by molar-refractivity contribution is 5.78. The zero-order valence-electron chi connectivity index (χ0n) is 13.7. The molecule has 0 aromatic heterocycles. The van der Waals surface area contributed by atoms with Crippen molar-refractivity contribution >= 4 is 11.6 Å². The van der Waals surface area contributed by atoms with Gasteiger partial charge in [0.1, 0.15) is 12.4 Å². The number of nitrogens with one attached hydrogen (secondary N) is 1. The number of hydrogen-bond donors (Lipinski definition) is 2. The molecule has 1 aliphatic rings. The molecule has 23 heavy (non-hydrogen) atoms. The fraction of sp³-hybridized carbons (Fsp3) is 0.588. The molecule has 1 amide bonds. The summed E-state index contributed by atoms with van der Waals surface area (Å²) in [6, 6.07) is 4.32. The number of aliphatic hydroxyl groups is 1. The first-order valence-electron chi connectivity index (χ1n) is 8.10. The second kappa shape index (κ2) is 8.26. The van der Waals surface area contributed by atoms with Crippen LogP contribution in [0.1, 0.15) is 38.3 Å². The topological polar surface area (TPSA) is 61.8 Å². The Balaban J connectivity index is 2.13. The fourth-order valence-corrected chi connectivity index (χ4v) is 2.82. The zero-order chi connectivity index (χ0) is 16.8. The highest BCUT2D eigenvalue weighted by atomic mass is 19.1. The summed E-state index contributed by atoms with van der Waals surface area (Å²) in [5.74, 6) is -0.546. The first-order chi connectivity index (χ1) is 11.0. The molecule has 1 aliphatic heterocycles. The van der Waals surface area contributed by atoms with Crippen LogP contribution in [-0.4, -0.2) is 43.4 Å². The van der Waals surface area contributed by atoms with Crippen molar-refractivity contribution in [2.75, 3.05) is 31.2 Å². The molecular weight excluding hydrogens is 299 g/mol. The molecule has 1 fully saturated rings. The summed E-state index contributed by atoms with van der Waals surface area (Å²) in [7, 11) is 0. The van der Waals surface area contributed by atoms with Crippen LogP contribution in [0.4, 0.5) is 10.1 Å². The van der Waals surface area contributed by atoms with Crippen molar-refractivity contribution < 1.29 is 19.0 Å². The van der Waals surface area contributed by atoms with E-state index in [0.29, 0.717) is 19.4 Å². The van der Waals surface area contributed by atoms with Crippen molar-refractivity contribution in [1.82, 2.24) is 5.32 Å². The van der Waals surface area contributed by atoms with Crippen molar-refractivity contribution in [3.63, 3.8) is 0 Å². The largest absolute Gasteiger partial charge is 0.393 e. The number of amides is 1. The van der Waals surface area contributed by atoms with E-state index in [4.69, 9.17) is 4.74 Å². The third kappa shape index (κ3) is 4.91. The van der Waals surface area contributed by atoms with Gasteiger partial charge in [0.05, 0.1) is 12.1 Å². The molecule has 6 heteroatoms. The first kappa shape index (κ1) is 17.7. The lowest BCUT2D eigenvalue weighted by molar-refractivity contribution is -0.126. The van der Waals surface area contributed by atoms with Gasteiger partial charge in [-0.2, -0.15) is 0 Å². The van der Waals surface area contributed by atoms with Crippen LogP contribution < -0.4 is 10.2 Å². The summed E-state index contributed by atoms with van der Waals surface area (Å²) < 4.78 is 18.8. The SMILES string of the molecule is CCOCC(=O)N[C@H](C)c1cc(F)ccc1N1CCC(O)CC1. The molecule has 0 radical (unpaired) electrons. The van der Waals surface area contributed by atoms with Gasteiger partial charge in [-0.3, -0.25) is 4.79 Å². The maximum absolute atomic E-state index is 13.7. The van der Waals surface area contributed by atoms with Crippen molar-refractivity contribution in [3.05, 3.63) is 29.6 Å². The molecule has 0 bridgehead atoms. The number of nitrogens with zero attached hydrogens (tertiary/aromatic N) is 1. The van der Waals surface area contributed by atoms with E-state index in [-0.39, 0.29) is 30.5 Å². The number of anilines is 1. The molecule has 0 unspecified atom stereocenters. The van der Waals surface area contributed by atoms with E-state index < -0.39 is 0 Å². The van der Waals surface area contributed by atoms with Gasteiger partial charge >= 0.3 is 0 Å². The lowest BCUT2D eigenvalue weighted by Gasteiger charge is -2.34. The van der Waals surface area contributed by atoms with Crippen LogP contribution in [0.5, 0.6) is 0 Å². The standard InChI is InChI=1S/C17H25FN2O3/c1-3-23-11-17(22)19-12(2)15-10-13(18)4-5-16(15)20-8-6-14(21)7-9-20/h4-5,10,12,14,21H,3,6-9,11H2,1-2H3,(H,19,22)/t12-/m1/s1. The molecule has 0 aliphatic carbocycles. The Morgan fingerprint density at radius 3 is 2.83 bits per heavy atom. The van der Waals surface area contributed by atoms with Crippen LogP contribution in [0, 0.1) is 5.82 Å². The second-order valence-corrected chi connectivity index (χ2v) is 5.85. The van der Waals surface area contributed by atoms with Crippen molar-refractivity contribution in [3.8, 4) is 0 Å². The number of benzene rings is 1. The predicted octanol–water partition coefficient (Wildman–Crippen LogP) is 2.00. The molecule has 1 aromatic carbocycles. The van der Waals surface area contributed by atoms with Crippen molar-refractivity contribution in [1.29, 1.82) is 0 Å². The van der Waals surface area contributed by atoms with Gasteiger partial charge in [0.15, 0.2) is 0 Å². The Bertz CT molecular complexity index is 531. The summed E-state index contributed by atoms with van der Waals surface area (Å²) in [5.41, 5.74) is 1.65. The maximum atomic E-state index is 13.7. The lowest BCUT2D eigenvalue weighted by atomic mass is 10.0. The van der Waals surface area contributed by atoms with Gasteiger partial charge in [0.2, 0.25) is 5.91 Å². The summed E-state index contributed by atoms with van der Waals surface area (Å²) in [4.78, 5) is 14.0. The molecule has 1 atom stereocenters. The third-order valence-electron chi connectivity index (χ3n) is 4.08. The Labute approximate surface area is 136 Å². The molecule has 1 aromatic rings. The Morgan fingerprint density at radius 1 is 1.48 bits per heavy atom. The van der Waals surface area contributed by atoms with Crippen LogP contribution in [-0.2, 0) is 9.53 Å². The van der Waals surface area contributed by atoms with Crippen LogP contribution in [0.25, 0.3) is 0 Å². The van der Waals surface area contributed by atoms with E-state index in [1.807, 2.05) is 13.8 Å². The molecule has 2 N–H and O–H groups in total. The van der Waals surface area contributed by atoms with Gasteiger partial charge < -0.3 is 20.1 Å². The minimum Gasteiger partial charge on any atom is -0.393 e. The second-order valence-electron chi connectivity index (χ2n) is 5.85. The molecule has 5 nitrogen and oxygen atoms in total. The van der Waals surface area contributed by atoms with Gasteiger partial charge in [0, 0.05) is 30.9 Å². The monoisotopic (exact) mass is 324 g/mol. The van der Waals surface area contributed by atoms with E-state index in [1.54, 1.807) is 6.07 Å². The molecule has 2 rings (SSSR count). The number of halogens is 1. The smallest absolute Gasteiger partial charge is 0.246 e. The van der Waals surface area contributed by atoms with E-state index in [0.717, 1.165) is 24.3 Å². The van der Waals surface area contributed by atoms with E-state index in [1.165, 1.54) is 12.1 Å². The summed E-state index contributed by atoms with van der Waals surface area (Å²) in [6.07, 6.45) is 1.13. The molecular formula is C17H25FN2O3. The maximum Gasteiger partial charge on any atom is 0.246 e. The number of ether oxygens (including phenoxy) is 1. The molecule has 1 saturated heterocycles. The Hall–Kier alpha value is -1.66. The van der Waals surface area contributed by atoms with Gasteiger partial charge in [-0.1, -0.05) is 0 Å². The normalized spacial score (nSPS) is 17.1. The van der Waals surface area contributed by atoms with Gasteiger partial charge in [-0.05, 0) is 44.9 Å². The number of aliphatic hydroxyl groups excluding tert-OH is 1. The summed E-state index contributed by atoms with van der Waals surface area (Å²) in [5, 5.41) is 12.5. The minimum atomic E-state index is -0.327. The van der Waals surface area contributed by atoms with E-state index >= 15 is 0 Å². The molecule has 0 spiro atoms. The van der Waals surface area contributed by atoms with E-state index in [9.17, 15) is 14.3 Å². The van der Waals surface area contributed by atoms with Crippen molar-refractivity contribution in [2.24, 2.45) is 0 Å². The minimum absolute atomic E-state index is 0.00138. The van der Waals surface area contributed by atoms with Crippen LogP contribution in [0.15, 0.2) is 18.2 Å². The summed E-state index contributed by atoms with van der Waals surface area (Å²) in [6.45, 7) is 5.58. The van der Waals surface area contributed by atoms with Crippen LogP contribution in [0.3, 0.4) is 0 Å². The average Bonchev–Trinajstić information content (AvgIpc) is 2.53. The Morgan fingerprint density at radius 2 is 2.17 bits per heavy atom. The predicted molar refractivity (Wildman–Crippen MR) is 86.9 cm³/mol. The van der Waals surface area contributed by atoms with E-state index in [2.05, 4.69) is 10.2 Å². The quantitative estimate of drug-likeness (QED) is 0.840. The summed E-state index contributed by atoms with van der Waals surface area (Å²) >= 11 is 0. The third-order valence-corrected chi connectivity index (χ3v) is 4.08. The number of hydrogen-bond acceptors (Lipinski definition) is 4. The molecule has 128 valence electrons. The highest BCUT2D eigenvalue weighted by Crippen LogP contribution is 2.29. The zero-order valence-corrected chi connectivity index (χ0v) is 13.7. The fourth-order valence-electron chi connectivity index (χ4n) is 2.82. The first-order valence-corrected chi connectivity index (χ1v) is 8.10. The number of carbonyl (C=O) groups excluding carboxylic acids is 1. The van der Waals surface area contributed by atoms with Gasteiger partial charge in [-0.15, -0.1) is 0 Å². The molecule has 0 saturated carbocycles. The number of carbonyl (C=O) groups is 1.